The molecule has 1 aromatic carbocycles. The first-order valence-electron chi connectivity index (χ1n) is 9.11. The molecule has 28 heavy (non-hydrogen) atoms. The molecule has 3 aromatic rings. The van der Waals surface area contributed by atoms with Crippen molar-refractivity contribution >= 4 is 17.3 Å². The Kier molecular flexibility index (Phi) is 5.07. The van der Waals surface area contributed by atoms with Gasteiger partial charge in [-0.25, -0.2) is 13.9 Å². The Labute approximate surface area is 161 Å². The van der Waals surface area contributed by atoms with Crippen molar-refractivity contribution in [2.75, 3.05) is 24.7 Å². The molecule has 3 heterocycles. The number of amidine groups is 1. The first-order chi connectivity index (χ1) is 13.7. The maximum Gasteiger partial charge on any atom is 0.190 e. The lowest BCUT2D eigenvalue weighted by Gasteiger charge is -2.26. The third-order valence-corrected chi connectivity index (χ3v) is 4.74. The minimum absolute atomic E-state index is 0.0548. The summed E-state index contributed by atoms with van der Waals surface area (Å²) in [5.41, 5.74) is 8.03. The SMILES string of the molecule is NC(=NOCCO)c1cnc2ccc(N3CCCC3c3cccc(F)c3)nn12. The molecule has 0 radical (unpaired) electrons. The third-order valence-electron chi connectivity index (χ3n) is 4.74. The quantitative estimate of drug-likeness (QED) is 0.291. The van der Waals surface area contributed by atoms with Crippen LogP contribution in [-0.4, -0.2) is 45.3 Å². The molecule has 1 saturated heterocycles. The second kappa shape index (κ2) is 7.81. The van der Waals surface area contributed by atoms with E-state index in [2.05, 4.69) is 20.1 Å². The predicted octanol–water partition coefficient (Wildman–Crippen LogP) is 1.84. The van der Waals surface area contributed by atoms with Crippen molar-refractivity contribution in [1.82, 2.24) is 14.6 Å². The molecule has 9 heteroatoms. The molecule has 0 amide bonds. The maximum atomic E-state index is 13.7. The summed E-state index contributed by atoms with van der Waals surface area (Å²) in [5, 5.41) is 17.3. The van der Waals surface area contributed by atoms with Gasteiger partial charge in [0.1, 0.15) is 23.9 Å². The monoisotopic (exact) mass is 384 g/mol. The van der Waals surface area contributed by atoms with Crippen molar-refractivity contribution in [3.8, 4) is 0 Å². The number of imidazole rings is 1. The topological polar surface area (TPSA) is 101 Å². The number of halogens is 1. The Hall–Kier alpha value is -3.20. The van der Waals surface area contributed by atoms with Crippen LogP contribution in [0, 0.1) is 5.82 Å². The van der Waals surface area contributed by atoms with Crippen LogP contribution in [0.5, 0.6) is 0 Å². The molecule has 4 rings (SSSR count). The highest BCUT2D eigenvalue weighted by Crippen LogP contribution is 2.35. The van der Waals surface area contributed by atoms with Gasteiger partial charge in [0.2, 0.25) is 0 Å². The number of oxime groups is 1. The second-order valence-corrected chi connectivity index (χ2v) is 6.54. The van der Waals surface area contributed by atoms with Crippen molar-refractivity contribution in [2.24, 2.45) is 10.9 Å². The Morgan fingerprint density at radius 2 is 2.25 bits per heavy atom. The second-order valence-electron chi connectivity index (χ2n) is 6.54. The average molecular weight is 384 g/mol. The molecule has 0 bridgehead atoms. The Bertz CT molecular complexity index is 1010. The van der Waals surface area contributed by atoms with Gasteiger partial charge in [0.25, 0.3) is 0 Å². The molecule has 146 valence electrons. The van der Waals surface area contributed by atoms with Crippen LogP contribution < -0.4 is 10.6 Å². The maximum absolute atomic E-state index is 13.7. The van der Waals surface area contributed by atoms with Crippen LogP contribution in [0.25, 0.3) is 5.65 Å². The molecule has 0 aliphatic carbocycles. The van der Waals surface area contributed by atoms with Crippen molar-refractivity contribution in [3.05, 3.63) is 59.7 Å². The number of fused-ring (bicyclic) bond motifs is 1. The van der Waals surface area contributed by atoms with E-state index in [0.29, 0.717) is 11.3 Å². The molecule has 0 saturated carbocycles. The third kappa shape index (κ3) is 3.48. The van der Waals surface area contributed by atoms with E-state index in [4.69, 9.17) is 15.7 Å². The molecule has 1 unspecified atom stereocenters. The number of aliphatic hydroxyl groups is 1. The predicted molar refractivity (Wildman–Crippen MR) is 102 cm³/mol. The highest BCUT2D eigenvalue weighted by Gasteiger charge is 2.28. The molecule has 1 aliphatic rings. The smallest absolute Gasteiger partial charge is 0.190 e. The number of nitrogens with zero attached hydrogens (tertiary/aromatic N) is 5. The van der Waals surface area contributed by atoms with E-state index in [1.807, 2.05) is 18.2 Å². The fourth-order valence-corrected chi connectivity index (χ4v) is 3.50. The van der Waals surface area contributed by atoms with E-state index in [1.54, 1.807) is 22.8 Å². The van der Waals surface area contributed by atoms with Crippen LogP contribution in [-0.2, 0) is 4.84 Å². The lowest BCUT2D eigenvalue weighted by atomic mass is 10.0. The summed E-state index contributed by atoms with van der Waals surface area (Å²) >= 11 is 0. The van der Waals surface area contributed by atoms with E-state index >= 15 is 0 Å². The van der Waals surface area contributed by atoms with Gasteiger partial charge in [-0.05, 0) is 42.7 Å². The summed E-state index contributed by atoms with van der Waals surface area (Å²) < 4.78 is 15.3. The van der Waals surface area contributed by atoms with Crippen LogP contribution in [0.1, 0.15) is 30.1 Å². The number of aromatic nitrogens is 3. The van der Waals surface area contributed by atoms with Crippen LogP contribution in [0.4, 0.5) is 10.2 Å². The molecule has 0 spiro atoms. The Morgan fingerprint density at radius 1 is 1.36 bits per heavy atom. The van der Waals surface area contributed by atoms with E-state index in [-0.39, 0.29) is 30.9 Å². The summed E-state index contributed by atoms with van der Waals surface area (Å²) in [6.07, 6.45) is 3.50. The van der Waals surface area contributed by atoms with Crippen LogP contribution >= 0.6 is 0 Å². The zero-order chi connectivity index (χ0) is 19.5. The van der Waals surface area contributed by atoms with Gasteiger partial charge in [-0.1, -0.05) is 17.3 Å². The molecular formula is C19H21FN6O2. The minimum atomic E-state index is -0.239. The van der Waals surface area contributed by atoms with Gasteiger partial charge in [-0.2, -0.15) is 0 Å². The van der Waals surface area contributed by atoms with Gasteiger partial charge < -0.3 is 20.6 Å². The fraction of sp³-hybridized carbons (Fsp3) is 0.316. The number of aliphatic hydroxyl groups excluding tert-OH is 1. The van der Waals surface area contributed by atoms with Crippen molar-refractivity contribution in [1.29, 1.82) is 0 Å². The first kappa shape index (κ1) is 18.2. The summed E-state index contributed by atoms with van der Waals surface area (Å²) in [7, 11) is 0. The average Bonchev–Trinajstić information content (AvgIpc) is 3.34. The zero-order valence-electron chi connectivity index (χ0n) is 15.2. The minimum Gasteiger partial charge on any atom is -0.393 e. The lowest BCUT2D eigenvalue weighted by Crippen LogP contribution is -2.25. The van der Waals surface area contributed by atoms with Crippen molar-refractivity contribution in [2.45, 2.75) is 18.9 Å². The summed E-state index contributed by atoms with van der Waals surface area (Å²) in [5.74, 6) is 0.632. The van der Waals surface area contributed by atoms with Gasteiger partial charge >= 0.3 is 0 Å². The molecule has 1 fully saturated rings. The number of anilines is 1. The molecule has 1 atom stereocenters. The standard InChI is InChI=1S/C19H21FN6O2/c20-14-4-1-3-13(11-14)15-5-2-8-25(15)18-7-6-17-22-12-16(26(17)23-18)19(21)24-28-10-9-27/h1,3-4,6-7,11-12,15,27H,2,5,8-10H2,(H2,21,24). The van der Waals surface area contributed by atoms with Gasteiger partial charge in [0.05, 0.1) is 18.8 Å². The van der Waals surface area contributed by atoms with E-state index in [1.165, 1.54) is 6.07 Å². The summed E-state index contributed by atoms with van der Waals surface area (Å²) in [6.45, 7) is 0.731. The molecule has 2 aromatic heterocycles. The largest absolute Gasteiger partial charge is 0.393 e. The van der Waals surface area contributed by atoms with Crippen LogP contribution in [0.15, 0.2) is 47.8 Å². The van der Waals surface area contributed by atoms with Crippen molar-refractivity contribution < 1.29 is 14.3 Å². The normalized spacial score (nSPS) is 17.4. The van der Waals surface area contributed by atoms with Crippen LogP contribution in [0.3, 0.4) is 0 Å². The molecule has 3 N–H and O–H groups in total. The van der Waals surface area contributed by atoms with E-state index < -0.39 is 0 Å². The fourth-order valence-electron chi connectivity index (χ4n) is 3.50. The molecular weight excluding hydrogens is 363 g/mol. The van der Waals surface area contributed by atoms with E-state index in [9.17, 15) is 4.39 Å². The van der Waals surface area contributed by atoms with Gasteiger partial charge in [0, 0.05) is 6.54 Å². The highest BCUT2D eigenvalue weighted by molar-refractivity contribution is 5.96. The number of benzene rings is 1. The number of nitrogens with two attached hydrogens (primary N) is 1. The van der Waals surface area contributed by atoms with Crippen molar-refractivity contribution in [3.63, 3.8) is 0 Å². The number of hydrogen-bond acceptors (Lipinski definition) is 6. The van der Waals surface area contributed by atoms with Gasteiger partial charge in [-0.3, -0.25) is 0 Å². The van der Waals surface area contributed by atoms with Crippen LogP contribution in [0.2, 0.25) is 0 Å². The number of hydrogen-bond donors (Lipinski definition) is 2. The van der Waals surface area contributed by atoms with Gasteiger partial charge in [0.15, 0.2) is 11.5 Å². The number of rotatable bonds is 6. The highest BCUT2D eigenvalue weighted by atomic mass is 19.1. The first-order valence-corrected chi connectivity index (χ1v) is 9.11. The zero-order valence-corrected chi connectivity index (χ0v) is 15.2. The lowest BCUT2D eigenvalue weighted by molar-refractivity contribution is 0.0984. The van der Waals surface area contributed by atoms with Gasteiger partial charge in [-0.15, -0.1) is 5.10 Å². The molecule has 1 aliphatic heterocycles. The molecule has 8 nitrogen and oxygen atoms in total. The summed E-state index contributed by atoms with van der Waals surface area (Å²) in [4.78, 5) is 11.4. The summed E-state index contributed by atoms with van der Waals surface area (Å²) in [6, 6.07) is 10.5. The Morgan fingerprint density at radius 3 is 3.07 bits per heavy atom. The van der Waals surface area contributed by atoms with E-state index in [0.717, 1.165) is 30.8 Å². The Balaban J connectivity index is 1.67.